The fourth-order valence-corrected chi connectivity index (χ4v) is 2.53. The van der Waals surface area contributed by atoms with Gasteiger partial charge in [-0.1, -0.05) is 38.1 Å². The minimum atomic E-state index is -4.41. The Balaban J connectivity index is 2.00. The van der Waals surface area contributed by atoms with Crippen LogP contribution in [0.4, 0.5) is 13.2 Å². The first-order chi connectivity index (χ1) is 9.62. The Hall–Kier alpha value is -1.56. The summed E-state index contributed by atoms with van der Waals surface area (Å²) in [5.74, 6) is -0.620. The van der Waals surface area contributed by atoms with E-state index in [0.29, 0.717) is 6.42 Å². The lowest BCUT2D eigenvalue weighted by molar-refractivity contribution is -0.213. The highest BCUT2D eigenvalue weighted by Gasteiger charge is 2.48. The minimum absolute atomic E-state index is 0.348. The fraction of sp³-hybridized carbons (Fsp3) is 0.533. The molecule has 2 rings (SSSR count). The zero-order chi connectivity index (χ0) is 15.8. The average molecular weight is 300 g/mol. The first kappa shape index (κ1) is 15.8. The SMILES string of the molecule is CC(C)(CC(=O)N[C@@H]1Cc2ccccc2[C@H]1N)C(F)(F)F. The van der Waals surface area contributed by atoms with Gasteiger partial charge in [0.2, 0.25) is 5.91 Å². The first-order valence-corrected chi connectivity index (χ1v) is 6.81. The van der Waals surface area contributed by atoms with Crippen LogP contribution in [-0.2, 0) is 11.2 Å². The molecule has 116 valence electrons. The van der Waals surface area contributed by atoms with Crippen molar-refractivity contribution in [1.82, 2.24) is 5.32 Å². The van der Waals surface area contributed by atoms with Crippen LogP contribution in [0, 0.1) is 5.41 Å². The van der Waals surface area contributed by atoms with Gasteiger partial charge in [-0.2, -0.15) is 13.2 Å². The monoisotopic (exact) mass is 300 g/mol. The molecule has 0 saturated carbocycles. The van der Waals surface area contributed by atoms with Crippen LogP contribution < -0.4 is 11.1 Å². The molecule has 0 bridgehead atoms. The molecule has 6 heteroatoms. The Morgan fingerprint density at radius 1 is 1.33 bits per heavy atom. The third kappa shape index (κ3) is 3.20. The largest absolute Gasteiger partial charge is 0.394 e. The smallest absolute Gasteiger partial charge is 0.351 e. The van der Waals surface area contributed by atoms with Crippen molar-refractivity contribution in [2.75, 3.05) is 0 Å². The van der Waals surface area contributed by atoms with Gasteiger partial charge in [-0.05, 0) is 17.5 Å². The van der Waals surface area contributed by atoms with Crippen LogP contribution in [0.3, 0.4) is 0 Å². The highest BCUT2D eigenvalue weighted by molar-refractivity contribution is 5.77. The second-order valence-electron chi connectivity index (χ2n) is 6.16. The molecule has 3 N–H and O–H groups in total. The topological polar surface area (TPSA) is 55.1 Å². The summed E-state index contributed by atoms with van der Waals surface area (Å²) < 4.78 is 38.4. The van der Waals surface area contributed by atoms with Crippen LogP contribution in [-0.4, -0.2) is 18.1 Å². The average Bonchev–Trinajstić information content (AvgIpc) is 2.65. The summed E-state index contributed by atoms with van der Waals surface area (Å²) in [6.45, 7) is 2.05. The van der Waals surface area contributed by atoms with Crippen molar-refractivity contribution in [3.63, 3.8) is 0 Å². The van der Waals surface area contributed by atoms with E-state index in [2.05, 4.69) is 5.32 Å². The summed E-state index contributed by atoms with van der Waals surface area (Å²) in [6.07, 6.45) is -4.46. The van der Waals surface area contributed by atoms with Gasteiger partial charge in [0.15, 0.2) is 0 Å². The number of nitrogens with two attached hydrogens (primary N) is 1. The Bertz CT molecular complexity index is 540. The number of halogens is 3. The second-order valence-corrected chi connectivity index (χ2v) is 6.16. The molecule has 0 fully saturated rings. The van der Waals surface area contributed by atoms with Gasteiger partial charge in [-0.25, -0.2) is 0 Å². The lowest BCUT2D eigenvalue weighted by atomic mass is 9.88. The van der Waals surface area contributed by atoms with Crippen LogP contribution >= 0.6 is 0 Å². The zero-order valence-corrected chi connectivity index (χ0v) is 12.0. The van der Waals surface area contributed by atoms with E-state index in [1.54, 1.807) is 0 Å². The highest BCUT2D eigenvalue weighted by atomic mass is 19.4. The molecule has 0 heterocycles. The molecule has 1 aromatic carbocycles. The van der Waals surface area contributed by atoms with Crippen molar-refractivity contribution in [3.8, 4) is 0 Å². The van der Waals surface area contributed by atoms with E-state index in [9.17, 15) is 18.0 Å². The molecule has 1 aliphatic carbocycles. The van der Waals surface area contributed by atoms with E-state index < -0.39 is 23.9 Å². The van der Waals surface area contributed by atoms with Gasteiger partial charge >= 0.3 is 6.18 Å². The summed E-state index contributed by atoms with van der Waals surface area (Å²) in [6, 6.07) is 6.81. The Labute approximate surface area is 121 Å². The molecule has 2 atom stereocenters. The minimum Gasteiger partial charge on any atom is -0.351 e. The number of hydrogen-bond donors (Lipinski definition) is 2. The lowest BCUT2D eigenvalue weighted by Crippen LogP contribution is -2.44. The third-order valence-corrected chi connectivity index (χ3v) is 4.00. The van der Waals surface area contributed by atoms with Crippen LogP contribution in [0.2, 0.25) is 0 Å². The van der Waals surface area contributed by atoms with E-state index in [4.69, 9.17) is 5.73 Å². The summed E-state index contributed by atoms with van der Waals surface area (Å²) in [5, 5.41) is 2.64. The molecule has 0 saturated heterocycles. The lowest BCUT2D eigenvalue weighted by Gasteiger charge is -2.28. The quantitative estimate of drug-likeness (QED) is 0.902. The first-order valence-electron chi connectivity index (χ1n) is 6.81. The van der Waals surface area contributed by atoms with Gasteiger partial charge in [0.1, 0.15) is 0 Å². The molecule has 0 aromatic heterocycles. The summed E-state index contributed by atoms with van der Waals surface area (Å²) >= 11 is 0. The summed E-state index contributed by atoms with van der Waals surface area (Å²) in [5.41, 5.74) is 5.98. The van der Waals surface area contributed by atoms with Crippen molar-refractivity contribution >= 4 is 5.91 Å². The van der Waals surface area contributed by atoms with E-state index in [0.717, 1.165) is 25.0 Å². The molecule has 0 aliphatic heterocycles. The predicted molar refractivity (Wildman–Crippen MR) is 73.5 cm³/mol. The van der Waals surface area contributed by atoms with E-state index in [-0.39, 0.29) is 12.1 Å². The molecule has 0 spiro atoms. The van der Waals surface area contributed by atoms with Crippen molar-refractivity contribution in [1.29, 1.82) is 0 Å². The van der Waals surface area contributed by atoms with Gasteiger partial charge in [0.25, 0.3) is 0 Å². The number of fused-ring (bicyclic) bond motifs is 1. The molecule has 1 amide bonds. The standard InChI is InChI=1S/C15H19F3N2O/c1-14(2,15(16,17)18)8-12(21)20-11-7-9-5-3-4-6-10(9)13(11)19/h3-6,11,13H,7-8,19H2,1-2H3,(H,20,21)/t11-,13-/m1/s1. The van der Waals surface area contributed by atoms with Crippen LogP contribution in [0.5, 0.6) is 0 Å². The maximum absolute atomic E-state index is 12.8. The molecule has 1 aliphatic rings. The predicted octanol–water partition coefficient (Wildman–Crippen LogP) is 2.71. The van der Waals surface area contributed by atoms with Gasteiger partial charge in [-0.3, -0.25) is 4.79 Å². The zero-order valence-electron chi connectivity index (χ0n) is 12.0. The number of rotatable bonds is 3. The fourth-order valence-electron chi connectivity index (χ4n) is 2.53. The number of amides is 1. The van der Waals surface area contributed by atoms with E-state index in [1.165, 1.54) is 0 Å². The molecule has 21 heavy (non-hydrogen) atoms. The van der Waals surface area contributed by atoms with Gasteiger partial charge in [0.05, 0.1) is 17.5 Å². The molecule has 0 unspecified atom stereocenters. The van der Waals surface area contributed by atoms with Crippen LogP contribution in [0.15, 0.2) is 24.3 Å². The van der Waals surface area contributed by atoms with Gasteiger partial charge < -0.3 is 11.1 Å². The number of hydrogen-bond acceptors (Lipinski definition) is 2. The van der Waals surface area contributed by atoms with Gasteiger partial charge in [0, 0.05) is 6.42 Å². The van der Waals surface area contributed by atoms with Crippen molar-refractivity contribution in [2.45, 2.75) is 44.9 Å². The maximum atomic E-state index is 12.8. The number of carbonyl (C=O) groups excluding carboxylic acids is 1. The maximum Gasteiger partial charge on any atom is 0.394 e. The molecule has 1 aromatic rings. The van der Waals surface area contributed by atoms with Crippen molar-refractivity contribution in [3.05, 3.63) is 35.4 Å². The Kier molecular flexibility index (Phi) is 4.02. The normalized spacial score (nSPS) is 22.0. The third-order valence-electron chi connectivity index (χ3n) is 4.00. The molecule has 0 radical (unpaired) electrons. The van der Waals surface area contributed by atoms with E-state index in [1.807, 2.05) is 24.3 Å². The van der Waals surface area contributed by atoms with Crippen LogP contribution in [0.25, 0.3) is 0 Å². The van der Waals surface area contributed by atoms with E-state index >= 15 is 0 Å². The van der Waals surface area contributed by atoms with Crippen molar-refractivity contribution in [2.24, 2.45) is 11.1 Å². The number of carbonyl (C=O) groups is 1. The molecular formula is C15H19F3N2O. The number of benzene rings is 1. The number of nitrogens with one attached hydrogen (secondary N) is 1. The van der Waals surface area contributed by atoms with Crippen molar-refractivity contribution < 1.29 is 18.0 Å². The highest BCUT2D eigenvalue weighted by Crippen LogP contribution is 2.40. The Morgan fingerprint density at radius 2 is 1.95 bits per heavy atom. The summed E-state index contributed by atoms with van der Waals surface area (Å²) in [4.78, 5) is 11.9. The Morgan fingerprint density at radius 3 is 2.52 bits per heavy atom. The number of alkyl halides is 3. The molecular weight excluding hydrogens is 281 g/mol. The van der Waals surface area contributed by atoms with Gasteiger partial charge in [-0.15, -0.1) is 0 Å². The van der Waals surface area contributed by atoms with Crippen LogP contribution in [0.1, 0.15) is 37.4 Å². The molecule has 3 nitrogen and oxygen atoms in total. The second kappa shape index (κ2) is 5.33. The summed E-state index contributed by atoms with van der Waals surface area (Å²) in [7, 11) is 0.